The molecule has 4 nitrogen and oxygen atoms in total. The third-order valence-corrected chi connectivity index (χ3v) is 2.43. The Morgan fingerprint density at radius 2 is 1.94 bits per heavy atom. The Morgan fingerprint density at radius 1 is 1.24 bits per heavy atom. The van der Waals surface area contributed by atoms with Crippen molar-refractivity contribution in [3.8, 4) is 5.75 Å². The number of ether oxygens (including phenoxy) is 2. The number of unbranched alkanes of at least 4 members (excludes halogenated alkanes) is 1. The number of esters is 1. The number of carbonyl (C=O) groups excluding carboxylic acids is 1. The highest BCUT2D eigenvalue weighted by molar-refractivity contribution is 5.68. The van der Waals surface area contributed by atoms with E-state index in [0.717, 1.165) is 24.2 Å². The highest BCUT2D eigenvalue weighted by atomic mass is 16.5. The lowest BCUT2D eigenvalue weighted by atomic mass is 10.2. The Labute approximate surface area is 102 Å². The van der Waals surface area contributed by atoms with Gasteiger partial charge in [-0.05, 0) is 30.5 Å². The fourth-order valence-electron chi connectivity index (χ4n) is 1.39. The van der Waals surface area contributed by atoms with E-state index in [9.17, 15) is 4.79 Å². The summed E-state index contributed by atoms with van der Waals surface area (Å²) in [5.41, 5.74) is 6.58. The lowest BCUT2D eigenvalue weighted by Gasteiger charge is -2.06. The van der Waals surface area contributed by atoms with E-state index in [1.54, 1.807) is 0 Å². The molecule has 0 bridgehead atoms. The maximum atomic E-state index is 10.8. The molecule has 4 heteroatoms. The summed E-state index contributed by atoms with van der Waals surface area (Å²) in [5.74, 6) is 0.664. The molecule has 94 valence electrons. The summed E-state index contributed by atoms with van der Waals surface area (Å²) < 4.78 is 10.1. The van der Waals surface area contributed by atoms with Gasteiger partial charge in [0, 0.05) is 13.0 Å². The molecule has 1 aromatic rings. The first kappa shape index (κ1) is 13.5. The molecule has 0 spiro atoms. The number of methoxy groups -OCH3 is 1. The van der Waals surface area contributed by atoms with Crippen LogP contribution in [0.3, 0.4) is 0 Å². The van der Waals surface area contributed by atoms with Crippen LogP contribution < -0.4 is 10.5 Å². The van der Waals surface area contributed by atoms with Gasteiger partial charge in [0.05, 0.1) is 13.7 Å². The lowest BCUT2D eigenvalue weighted by molar-refractivity contribution is -0.140. The van der Waals surface area contributed by atoms with Crippen LogP contribution in [0.4, 0.5) is 0 Å². The molecule has 17 heavy (non-hydrogen) atoms. The third-order valence-electron chi connectivity index (χ3n) is 2.43. The number of hydrogen-bond donors (Lipinski definition) is 1. The van der Waals surface area contributed by atoms with Crippen LogP contribution in [0.15, 0.2) is 24.3 Å². The van der Waals surface area contributed by atoms with Crippen molar-refractivity contribution >= 4 is 5.97 Å². The van der Waals surface area contributed by atoms with Gasteiger partial charge in [0.25, 0.3) is 0 Å². The second-order valence-corrected chi connectivity index (χ2v) is 3.73. The zero-order valence-corrected chi connectivity index (χ0v) is 10.1. The Hall–Kier alpha value is -1.55. The Kier molecular flexibility index (Phi) is 6.10. The Morgan fingerprint density at radius 3 is 2.53 bits per heavy atom. The monoisotopic (exact) mass is 237 g/mol. The Bertz CT molecular complexity index is 335. The molecule has 0 aromatic heterocycles. The van der Waals surface area contributed by atoms with Crippen LogP contribution in [0, 0.1) is 0 Å². The first-order valence-electron chi connectivity index (χ1n) is 5.75. The van der Waals surface area contributed by atoms with Crippen molar-refractivity contribution in [2.24, 2.45) is 5.73 Å². The molecule has 1 aromatic carbocycles. The fraction of sp³-hybridized carbons (Fsp3) is 0.462. The molecule has 1 rings (SSSR count). The van der Waals surface area contributed by atoms with Crippen LogP contribution in [0.25, 0.3) is 0 Å². The van der Waals surface area contributed by atoms with Crippen molar-refractivity contribution in [1.82, 2.24) is 0 Å². The number of carbonyl (C=O) groups is 1. The summed E-state index contributed by atoms with van der Waals surface area (Å²) in [6.45, 7) is 1.15. The molecule has 0 radical (unpaired) electrons. The summed E-state index contributed by atoms with van der Waals surface area (Å²) in [4.78, 5) is 10.8. The largest absolute Gasteiger partial charge is 0.494 e. The maximum Gasteiger partial charge on any atom is 0.305 e. The van der Waals surface area contributed by atoms with Gasteiger partial charge >= 0.3 is 5.97 Å². The molecule has 0 atom stereocenters. The molecular weight excluding hydrogens is 218 g/mol. The van der Waals surface area contributed by atoms with E-state index in [2.05, 4.69) is 4.74 Å². The van der Waals surface area contributed by atoms with Gasteiger partial charge in [-0.2, -0.15) is 0 Å². The first-order chi connectivity index (χ1) is 8.26. The molecule has 0 aliphatic heterocycles. The molecule has 0 unspecified atom stereocenters. The predicted molar refractivity (Wildman–Crippen MR) is 65.7 cm³/mol. The molecule has 0 saturated carbocycles. The van der Waals surface area contributed by atoms with Gasteiger partial charge in [0.1, 0.15) is 5.75 Å². The van der Waals surface area contributed by atoms with E-state index in [1.807, 2.05) is 24.3 Å². The van der Waals surface area contributed by atoms with E-state index in [4.69, 9.17) is 10.5 Å². The fourth-order valence-corrected chi connectivity index (χ4v) is 1.39. The van der Waals surface area contributed by atoms with Gasteiger partial charge in [0.2, 0.25) is 0 Å². The highest BCUT2D eigenvalue weighted by Crippen LogP contribution is 2.12. The van der Waals surface area contributed by atoms with Crippen molar-refractivity contribution < 1.29 is 14.3 Å². The SMILES string of the molecule is COC(=O)CCCCOc1ccc(CN)cc1. The van der Waals surface area contributed by atoms with Crippen LogP contribution in [0.5, 0.6) is 5.75 Å². The van der Waals surface area contributed by atoms with E-state index in [1.165, 1.54) is 7.11 Å². The van der Waals surface area contributed by atoms with Gasteiger partial charge in [-0.1, -0.05) is 12.1 Å². The molecule has 0 heterocycles. The van der Waals surface area contributed by atoms with Gasteiger partial charge < -0.3 is 15.2 Å². The minimum absolute atomic E-state index is 0.169. The topological polar surface area (TPSA) is 61.5 Å². The number of rotatable bonds is 7. The summed E-state index contributed by atoms with van der Waals surface area (Å²) in [6.07, 6.45) is 2.08. The lowest BCUT2D eigenvalue weighted by Crippen LogP contribution is -2.02. The first-order valence-corrected chi connectivity index (χ1v) is 5.75. The van der Waals surface area contributed by atoms with Crippen molar-refractivity contribution in [3.63, 3.8) is 0 Å². The van der Waals surface area contributed by atoms with Crippen molar-refractivity contribution in [2.45, 2.75) is 25.8 Å². The summed E-state index contributed by atoms with van der Waals surface area (Å²) in [7, 11) is 1.40. The van der Waals surface area contributed by atoms with Gasteiger partial charge in [-0.15, -0.1) is 0 Å². The predicted octanol–water partition coefficient (Wildman–Crippen LogP) is 1.87. The van der Waals surface area contributed by atoms with E-state index in [0.29, 0.717) is 19.6 Å². The number of hydrogen-bond acceptors (Lipinski definition) is 4. The minimum atomic E-state index is -0.169. The third kappa shape index (κ3) is 5.36. The van der Waals surface area contributed by atoms with Gasteiger partial charge in [0.15, 0.2) is 0 Å². The average molecular weight is 237 g/mol. The smallest absolute Gasteiger partial charge is 0.305 e. The maximum absolute atomic E-state index is 10.8. The molecule has 0 fully saturated rings. The van der Waals surface area contributed by atoms with Crippen LogP contribution in [0.2, 0.25) is 0 Å². The second kappa shape index (κ2) is 7.68. The highest BCUT2D eigenvalue weighted by Gasteiger charge is 1.99. The second-order valence-electron chi connectivity index (χ2n) is 3.73. The van der Waals surface area contributed by atoms with Crippen LogP contribution in [-0.2, 0) is 16.1 Å². The normalized spacial score (nSPS) is 10.0. The zero-order chi connectivity index (χ0) is 12.5. The molecule has 0 saturated heterocycles. The van der Waals surface area contributed by atoms with Crippen LogP contribution in [-0.4, -0.2) is 19.7 Å². The zero-order valence-electron chi connectivity index (χ0n) is 10.1. The summed E-state index contributed by atoms with van der Waals surface area (Å²) in [5, 5.41) is 0. The Balaban J connectivity index is 2.15. The summed E-state index contributed by atoms with van der Waals surface area (Å²) >= 11 is 0. The van der Waals surface area contributed by atoms with Crippen LogP contribution in [0.1, 0.15) is 24.8 Å². The van der Waals surface area contributed by atoms with E-state index < -0.39 is 0 Å². The minimum Gasteiger partial charge on any atom is -0.494 e. The molecule has 0 aliphatic rings. The number of nitrogens with two attached hydrogens (primary N) is 1. The van der Waals surface area contributed by atoms with E-state index >= 15 is 0 Å². The quantitative estimate of drug-likeness (QED) is 0.581. The molecule has 0 amide bonds. The van der Waals surface area contributed by atoms with Gasteiger partial charge in [-0.25, -0.2) is 0 Å². The van der Waals surface area contributed by atoms with Crippen molar-refractivity contribution in [1.29, 1.82) is 0 Å². The average Bonchev–Trinajstić information content (AvgIpc) is 2.38. The van der Waals surface area contributed by atoms with Crippen molar-refractivity contribution in [3.05, 3.63) is 29.8 Å². The van der Waals surface area contributed by atoms with Crippen molar-refractivity contribution in [2.75, 3.05) is 13.7 Å². The van der Waals surface area contributed by atoms with E-state index in [-0.39, 0.29) is 5.97 Å². The molecular formula is C13H19NO3. The summed E-state index contributed by atoms with van der Waals surface area (Å²) in [6, 6.07) is 7.71. The molecule has 0 aliphatic carbocycles. The van der Waals surface area contributed by atoms with Crippen LogP contribution >= 0.6 is 0 Å². The molecule has 2 N–H and O–H groups in total. The standard InChI is InChI=1S/C13H19NO3/c1-16-13(15)4-2-3-9-17-12-7-5-11(10-14)6-8-12/h5-8H,2-4,9-10,14H2,1H3. The van der Waals surface area contributed by atoms with Gasteiger partial charge in [-0.3, -0.25) is 4.79 Å². The number of benzene rings is 1.